The molecule has 3 N–H and O–H groups in total. The summed E-state index contributed by atoms with van der Waals surface area (Å²) in [5, 5.41) is 9.09. The Morgan fingerprint density at radius 3 is 2.70 bits per heavy atom. The van der Waals surface area contributed by atoms with E-state index in [-0.39, 0.29) is 11.9 Å². The molecule has 1 atom stereocenters. The van der Waals surface area contributed by atoms with Gasteiger partial charge in [-0.25, -0.2) is 4.79 Å². The second-order valence-corrected chi connectivity index (χ2v) is 7.45. The average Bonchev–Trinajstić information content (AvgIpc) is 3.05. The van der Waals surface area contributed by atoms with Gasteiger partial charge in [0.1, 0.15) is 6.04 Å². The maximum Gasteiger partial charge on any atom is 0.319 e. The van der Waals surface area contributed by atoms with Crippen molar-refractivity contribution >= 4 is 29.4 Å². The van der Waals surface area contributed by atoms with E-state index in [1.165, 1.54) is 25.7 Å². The van der Waals surface area contributed by atoms with Gasteiger partial charge in [0.25, 0.3) is 0 Å². The normalized spacial score (nSPS) is 21.7. The second-order valence-electron chi connectivity index (χ2n) is 6.10. The van der Waals surface area contributed by atoms with Crippen molar-refractivity contribution in [2.24, 2.45) is 0 Å². The molecule has 0 spiro atoms. The van der Waals surface area contributed by atoms with Crippen LogP contribution in [0.25, 0.3) is 0 Å². The van der Waals surface area contributed by atoms with Crippen LogP contribution in [0.1, 0.15) is 38.5 Å². The van der Waals surface area contributed by atoms with E-state index in [4.69, 9.17) is 0 Å². The summed E-state index contributed by atoms with van der Waals surface area (Å²) in [6, 6.07) is 7.13. The molecule has 1 heterocycles. The Balaban J connectivity index is 1.60. The number of rotatable bonds is 4. The maximum atomic E-state index is 12.2. The first-order valence-corrected chi connectivity index (χ1v) is 9.21. The van der Waals surface area contributed by atoms with Gasteiger partial charge in [0, 0.05) is 16.7 Å². The Morgan fingerprint density at radius 1 is 1.13 bits per heavy atom. The number of urea groups is 1. The molecular weight excluding hydrogens is 310 g/mol. The third-order valence-corrected chi connectivity index (χ3v) is 5.74. The van der Waals surface area contributed by atoms with Gasteiger partial charge in [-0.05, 0) is 37.8 Å². The van der Waals surface area contributed by atoms with E-state index in [1.54, 1.807) is 0 Å². The third-order valence-electron chi connectivity index (χ3n) is 4.32. The number of anilines is 1. The summed E-state index contributed by atoms with van der Waals surface area (Å²) in [6.07, 6.45) is 6.67. The van der Waals surface area contributed by atoms with Gasteiger partial charge in [0.2, 0.25) is 5.91 Å². The van der Waals surface area contributed by atoms with Crippen molar-refractivity contribution in [3.05, 3.63) is 24.3 Å². The van der Waals surface area contributed by atoms with E-state index in [0.29, 0.717) is 18.2 Å². The lowest BCUT2D eigenvalue weighted by molar-refractivity contribution is -0.124. The largest absolute Gasteiger partial charge is 0.354 e. The van der Waals surface area contributed by atoms with Crippen LogP contribution in [0.3, 0.4) is 0 Å². The molecule has 1 aliphatic carbocycles. The van der Waals surface area contributed by atoms with Crippen LogP contribution in [-0.4, -0.2) is 29.8 Å². The second kappa shape index (κ2) is 7.73. The minimum atomic E-state index is -0.432. The molecule has 5 nitrogen and oxygen atoms in total. The van der Waals surface area contributed by atoms with Gasteiger partial charge in [-0.15, -0.1) is 11.8 Å². The van der Waals surface area contributed by atoms with Gasteiger partial charge in [-0.2, -0.15) is 0 Å². The number of para-hydroxylation sites is 1. The van der Waals surface area contributed by atoms with E-state index in [2.05, 4.69) is 16.0 Å². The predicted octanol–water partition coefficient (Wildman–Crippen LogP) is 3.12. The molecule has 3 rings (SSSR count). The quantitative estimate of drug-likeness (QED) is 0.793. The molecule has 1 saturated carbocycles. The van der Waals surface area contributed by atoms with E-state index < -0.39 is 6.04 Å². The maximum absolute atomic E-state index is 12.2. The van der Waals surface area contributed by atoms with Crippen molar-refractivity contribution in [1.82, 2.24) is 10.6 Å². The minimum absolute atomic E-state index is 0.0972. The Hall–Kier alpha value is -1.69. The lowest BCUT2D eigenvalue weighted by atomic mass is 10.1. The van der Waals surface area contributed by atoms with Crippen molar-refractivity contribution in [1.29, 1.82) is 0 Å². The zero-order chi connectivity index (χ0) is 16.1. The molecular formula is C17H23N3O2S. The highest BCUT2D eigenvalue weighted by molar-refractivity contribution is 8.00. The van der Waals surface area contributed by atoms with Crippen LogP contribution in [0.5, 0.6) is 0 Å². The molecule has 1 aromatic carbocycles. The molecule has 0 radical (unpaired) electrons. The van der Waals surface area contributed by atoms with Crippen LogP contribution < -0.4 is 16.0 Å². The molecule has 124 valence electrons. The van der Waals surface area contributed by atoms with Crippen molar-refractivity contribution in [3.8, 4) is 0 Å². The highest BCUT2D eigenvalue weighted by atomic mass is 32.2. The number of piperidine rings is 1. The fraction of sp³-hybridized carbons (Fsp3) is 0.529. The van der Waals surface area contributed by atoms with Crippen LogP contribution in [0.2, 0.25) is 0 Å². The minimum Gasteiger partial charge on any atom is -0.354 e. The van der Waals surface area contributed by atoms with Gasteiger partial charge < -0.3 is 16.0 Å². The van der Waals surface area contributed by atoms with Gasteiger partial charge >= 0.3 is 6.03 Å². The van der Waals surface area contributed by atoms with Crippen LogP contribution in [0.4, 0.5) is 10.5 Å². The Morgan fingerprint density at radius 2 is 1.91 bits per heavy atom. The van der Waals surface area contributed by atoms with E-state index in [1.807, 2.05) is 36.0 Å². The Bertz CT molecular complexity index is 573. The van der Waals surface area contributed by atoms with Gasteiger partial charge in [-0.1, -0.05) is 25.0 Å². The molecule has 1 aliphatic heterocycles. The number of amides is 3. The van der Waals surface area contributed by atoms with E-state index >= 15 is 0 Å². The molecule has 1 saturated heterocycles. The molecule has 23 heavy (non-hydrogen) atoms. The topological polar surface area (TPSA) is 70.2 Å². The number of carbonyl (C=O) groups is 2. The first-order valence-electron chi connectivity index (χ1n) is 8.33. The van der Waals surface area contributed by atoms with E-state index in [0.717, 1.165) is 17.0 Å². The van der Waals surface area contributed by atoms with Crippen molar-refractivity contribution in [2.75, 3.05) is 11.9 Å². The summed E-state index contributed by atoms with van der Waals surface area (Å²) in [4.78, 5) is 25.0. The molecule has 2 aliphatic rings. The van der Waals surface area contributed by atoms with Gasteiger partial charge in [0.15, 0.2) is 0 Å². The van der Waals surface area contributed by atoms with Crippen molar-refractivity contribution in [2.45, 2.75) is 54.7 Å². The smallest absolute Gasteiger partial charge is 0.319 e. The Labute approximate surface area is 141 Å². The molecule has 0 bridgehead atoms. The lowest BCUT2D eigenvalue weighted by Gasteiger charge is -2.23. The number of carbonyl (C=O) groups excluding carboxylic acids is 2. The van der Waals surface area contributed by atoms with Crippen LogP contribution in [-0.2, 0) is 4.79 Å². The monoisotopic (exact) mass is 333 g/mol. The molecule has 0 aromatic heterocycles. The summed E-state index contributed by atoms with van der Waals surface area (Å²) < 4.78 is 0. The highest BCUT2D eigenvalue weighted by Gasteiger charge is 2.24. The zero-order valence-corrected chi connectivity index (χ0v) is 14.0. The number of hydrogen-bond donors (Lipinski definition) is 3. The van der Waals surface area contributed by atoms with Crippen LogP contribution in [0, 0.1) is 0 Å². The fourth-order valence-corrected chi connectivity index (χ4v) is 4.42. The van der Waals surface area contributed by atoms with E-state index in [9.17, 15) is 9.59 Å². The SMILES string of the molecule is O=C(Nc1ccccc1SC1CCCC1)NC1CCCNC1=O. The standard InChI is InChI=1S/C17H23N3O2S/c21-16-14(9-5-11-18-16)20-17(22)19-13-8-3-4-10-15(13)23-12-6-1-2-7-12/h3-4,8,10,12,14H,1-2,5-7,9,11H2,(H,18,21)(H2,19,20,22). The number of hydrogen-bond acceptors (Lipinski definition) is 3. The predicted molar refractivity (Wildman–Crippen MR) is 92.7 cm³/mol. The first-order chi connectivity index (χ1) is 11.2. The molecule has 3 amide bonds. The summed E-state index contributed by atoms with van der Waals surface area (Å²) in [5.74, 6) is -0.0972. The molecule has 1 aromatic rings. The summed E-state index contributed by atoms with van der Waals surface area (Å²) in [6.45, 7) is 0.694. The van der Waals surface area contributed by atoms with Gasteiger partial charge in [-0.3, -0.25) is 4.79 Å². The fourth-order valence-electron chi connectivity index (χ4n) is 3.08. The summed E-state index contributed by atoms with van der Waals surface area (Å²) in [7, 11) is 0. The van der Waals surface area contributed by atoms with Crippen molar-refractivity contribution in [3.63, 3.8) is 0 Å². The zero-order valence-electron chi connectivity index (χ0n) is 13.1. The van der Waals surface area contributed by atoms with Crippen LogP contribution >= 0.6 is 11.8 Å². The number of benzene rings is 1. The summed E-state index contributed by atoms with van der Waals surface area (Å²) >= 11 is 1.84. The molecule has 2 fully saturated rings. The number of thioether (sulfide) groups is 1. The first kappa shape index (κ1) is 16.2. The Kier molecular flexibility index (Phi) is 5.43. The van der Waals surface area contributed by atoms with Crippen LogP contribution in [0.15, 0.2) is 29.2 Å². The van der Waals surface area contributed by atoms with Gasteiger partial charge in [0.05, 0.1) is 5.69 Å². The number of nitrogens with one attached hydrogen (secondary N) is 3. The molecule has 6 heteroatoms. The van der Waals surface area contributed by atoms with Crippen molar-refractivity contribution < 1.29 is 9.59 Å². The lowest BCUT2D eigenvalue weighted by Crippen LogP contribution is -2.51. The molecule has 1 unspecified atom stereocenters. The average molecular weight is 333 g/mol. The third kappa shape index (κ3) is 4.41. The highest BCUT2D eigenvalue weighted by Crippen LogP contribution is 2.37. The summed E-state index contributed by atoms with van der Waals surface area (Å²) in [5.41, 5.74) is 0.818.